The smallest absolute Gasteiger partial charge is 0.182 e. The molecule has 3 rings (SSSR count). The third-order valence-corrected chi connectivity index (χ3v) is 2.96. The van der Waals surface area contributed by atoms with Crippen molar-refractivity contribution in [1.82, 2.24) is 4.98 Å². The average molecular weight is 250 g/mol. The van der Waals surface area contributed by atoms with E-state index in [0.29, 0.717) is 16.9 Å². The van der Waals surface area contributed by atoms with Crippen molar-refractivity contribution < 1.29 is 9.15 Å². The number of hydrogen-bond acceptors (Lipinski definition) is 4. The second-order valence-corrected chi connectivity index (χ2v) is 4.04. The lowest BCUT2D eigenvalue weighted by molar-refractivity contribution is 0.416. The molecule has 92 valence electrons. The SMILES string of the molecule is COc1ccc2ncoc2c1-c1cccc(C#N)c1. The molecule has 4 heteroatoms. The summed E-state index contributed by atoms with van der Waals surface area (Å²) in [4.78, 5) is 4.14. The largest absolute Gasteiger partial charge is 0.496 e. The maximum absolute atomic E-state index is 8.99. The van der Waals surface area contributed by atoms with E-state index in [0.717, 1.165) is 16.6 Å². The van der Waals surface area contributed by atoms with Crippen molar-refractivity contribution >= 4 is 11.1 Å². The fraction of sp³-hybridized carbons (Fsp3) is 0.0667. The van der Waals surface area contributed by atoms with Crippen LogP contribution in [-0.2, 0) is 0 Å². The second kappa shape index (κ2) is 4.46. The van der Waals surface area contributed by atoms with Gasteiger partial charge in [0.25, 0.3) is 0 Å². The molecule has 4 nitrogen and oxygen atoms in total. The Balaban J connectivity index is 2.33. The van der Waals surface area contributed by atoms with Gasteiger partial charge in [0.15, 0.2) is 12.0 Å². The molecule has 0 saturated heterocycles. The molecule has 0 N–H and O–H groups in total. The van der Waals surface area contributed by atoms with Crippen LogP contribution in [0.1, 0.15) is 5.56 Å². The molecule has 0 aliphatic heterocycles. The van der Waals surface area contributed by atoms with E-state index < -0.39 is 0 Å². The molecule has 0 radical (unpaired) electrons. The summed E-state index contributed by atoms with van der Waals surface area (Å²) in [6.45, 7) is 0. The Labute approximate surface area is 109 Å². The van der Waals surface area contributed by atoms with Gasteiger partial charge >= 0.3 is 0 Å². The van der Waals surface area contributed by atoms with Crippen molar-refractivity contribution in [3.05, 3.63) is 48.4 Å². The lowest BCUT2D eigenvalue weighted by Gasteiger charge is -2.08. The zero-order valence-electron chi connectivity index (χ0n) is 10.3. The van der Waals surface area contributed by atoms with Gasteiger partial charge in [-0.15, -0.1) is 0 Å². The highest BCUT2D eigenvalue weighted by Gasteiger charge is 2.14. The summed E-state index contributed by atoms with van der Waals surface area (Å²) in [5.74, 6) is 0.694. The van der Waals surface area contributed by atoms with Crippen molar-refractivity contribution in [3.63, 3.8) is 0 Å². The summed E-state index contributed by atoms with van der Waals surface area (Å²) in [7, 11) is 1.61. The minimum absolute atomic E-state index is 0.594. The highest BCUT2D eigenvalue weighted by Crippen LogP contribution is 2.36. The normalized spacial score (nSPS) is 10.3. The Morgan fingerprint density at radius 1 is 1.26 bits per heavy atom. The van der Waals surface area contributed by atoms with Crippen LogP contribution in [0.4, 0.5) is 0 Å². The fourth-order valence-electron chi connectivity index (χ4n) is 2.10. The Hall–Kier alpha value is -2.80. The predicted octanol–water partition coefficient (Wildman–Crippen LogP) is 3.38. The highest BCUT2D eigenvalue weighted by molar-refractivity contribution is 5.94. The van der Waals surface area contributed by atoms with E-state index in [1.165, 1.54) is 6.39 Å². The van der Waals surface area contributed by atoms with E-state index >= 15 is 0 Å². The monoisotopic (exact) mass is 250 g/mol. The highest BCUT2D eigenvalue weighted by atomic mass is 16.5. The first-order chi connectivity index (χ1) is 9.33. The molecule has 0 spiro atoms. The van der Waals surface area contributed by atoms with Crippen molar-refractivity contribution in [2.75, 3.05) is 7.11 Å². The maximum Gasteiger partial charge on any atom is 0.182 e. The van der Waals surface area contributed by atoms with Crippen LogP contribution in [0, 0.1) is 11.3 Å². The van der Waals surface area contributed by atoms with Crippen LogP contribution in [0.25, 0.3) is 22.2 Å². The number of methoxy groups -OCH3 is 1. The number of hydrogen-bond donors (Lipinski definition) is 0. The van der Waals surface area contributed by atoms with Crippen LogP contribution < -0.4 is 4.74 Å². The number of aromatic nitrogens is 1. The number of rotatable bonds is 2. The van der Waals surface area contributed by atoms with Crippen LogP contribution in [0.2, 0.25) is 0 Å². The van der Waals surface area contributed by atoms with Crippen LogP contribution in [0.3, 0.4) is 0 Å². The minimum atomic E-state index is 0.594. The summed E-state index contributed by atoms with van der Waals surface area (Å²) in [6, 6.07) is 13.1. The molecular formula is C15H10N2O2. The van der Waals surface area contributed by atoms with Gasteiger partial charge in [0.05, 0.1) is 24.3 Å². The maximum atomic E-state index is 8.99. The second-order valence-electron chi connectivity index (χ2n) is 4.04. The van der Waals surface area contributed by atoms with E-state index in [1.54, 1.807) is 19.2 Å². The van der Waals surface area contributed by atoms with Gasteiger partial charge in [-0.05, 0) is 29.8 Å². The van der Waals surface area contributed by atoms with E-state index in [2.05, 4.69) is 11.1 Å². The summed E-state index contributed by atoms with van der Waals surface area (Å²) in [6.07, 6.45) is 1.40. The zero-order valence-corrected chi connectivity index (χ0v) is 10.3. The number of ether oxygens (including phenoxy) is 1. The topological polar surface area (TPSA) is 59.1 Å². The standard InChI is InChI=1S/C15H10N2O2/c1-18-13-6-5-12-15(19-9-17-12)14(13)11-4-2-3-10(7-11)8-16/h2-7,9H,1H3. The summed E-state index contributed by atoms with van der Waals surface area (Å²) in [5, 5.41) is 8.99. The molecule has 0 unspecified atom stereocenters. The Bertz CT molecular complexity index is 784. The lowest BCUT2D eigenvalue weighted by Crippen LogP contribution is -1.89. The van der Waals surface area contributed by atoms with Crippen molar-refractivity contribution in [2.24, 2.45) is 0 Å². The molecule has 0 saturated carbocycles. The van der Waals surface area contributed by atoms with Crippen molar-refractivity contribution in [3.8, 4) is 22.9 Å². The Morgan fingerprint density at radius 2 is 2.16 bits per heavy atom. The first kappa shape index (κ1) is 11.3. The van der Waals surface area contributed by atoms with E-state index in [1.807, 2.05) is 24.3 Å². The number of nitrogens with zero attached hydrogens (tertiary/aromatic N) is 2. The average Bonchev–Trinajstić information content (AvgIpc) is 2.94. The van der Waals surface area contributed by atoms with Gasteiger partial charge in [-0.3, -0.25) is 0 Å². The predicted molar refractivity (Wildman–Crippen MR) is 70.7 cm³/mol. The molecular weight excluding hydrogens is 240 g/mol. The van der Waals surface area contributed by atoms with Gasteiger partial charge < -0.3 is 9.15 Å². The summed E-state index contributed by atoms with van der Waals surface area (Å²) in [5.41, 5.74) is 3.71. The lowest BCUT2D eigenvalue weighted by atomic mass is 10.0. The van der Waals surface area contributed by atoms with Gasteiger partial charge in [0.1, 0.15) is 11.3 Å². The number of benzene rings is 2. The molecule has 19 heavy (non-hydrogen) atoms. The van der Waals surface area contributed by atoms with E-state index in [-0.39, 0.29) is 0 Å². The first-order valence-electron chi connectivity index (χ1n) is 5.74. The third kappa shape index (κ3) is 1.81. The number of nitriles is 1. The van der Waals surface area contributed by atoms with Gasteiger partial charge in [-0.2, -0.15) is 5.26 Å². The van der Waals surface area contributed by atoms with Gasteiger partial charge in [-0.1, -0.05) is 12.1 Å². The molecule has 3 aromatic rings. The van der Waals surface area contributed by atoms with Crippen molar-refractivity contribution in [2.45, 2.75) is 0 Å². The van der Waals surface area contributed by atoms with Gasteiger partial charge in [-0.25, -0.2) is 4.98 Å². The van der Waals surface area contributed by atoms with E-state index in [4.69, 9.17) is 14.4 Å². The molecule has 1 heterocycles. The molecule has 2 aromatic carbocycles. The first-order valence-corrected chi connectivity index (χ1v) is 5.74. The molecule has 0 amide bonds. The van der Waals surface area contributed by atoms with Crippen LogP contribution in [-0.4, -0.2) is 12.1 Å². The van der Waals surface area contributed by atoms with Gasteiger partial charge in [0, 0.05) is 0 Å². The molecule has 0 atom stereocenters. The zero-order chi connectivity index (χ0) is 13.2. The van der Waals surface area contributed by atoms with Crippen molar-refractivity contribution in [1.29, 1.82) is 5.26 Å². The Kier molecular flexibility index (Phi) is 2.66. The fourth-order valence-corrected chi connectivity index (χ4v) is 2.10. The van der Waals surface area contributed by atoms with Crippen LogP contribution >= 0.6 is 0 Å². The molecule has 0 bridgehead atoms. The minimum Gasteiger partial charge on any atom is -0.496 e. The van der Waals surface area contributed by atoms with E-state index in [9.17, 15) is 0 Å². The molecule has 1 aromatic heterocycles. The quantitative estimate of drug-likeness (QED) is 0.699. The Morgan fingerprint density at radius 3 is 2.95 bits per heavy atom. The number of oxazole rings is 1. The van der Waals surface area contributed by atoms with Crippen LogP contribution in [0.5, 0.6) is 5.75 Å². The molecule has 0 aliphatic carbocycles. The molecule has 0 fully saturated rings. The van der Waals surface area contributed by atoms with Crippen LogP contribution in [0.15, 0.2) is 47.2 Å². The molecule has 0 aliphatic rings. The number of fused-ring (bicyclic) bond motifs is 1. The summed E-state index contributed by atoms with van der Waals surface area (Å²) >= 11 is 0. The third-order valence-electron chi connectivity index (χ3n) is 2.96. The van der Waals surface area contributed by atoms with Gasteiger partial charge in [0.2, 0.25) is 0 Å². The summed E-state index contributed by atoms with van der Waals surface area (Å²) < 4.78 is 10.8.